The van der Waals surface area contributed by atoms with Crippen molar-refractivity contribution in [1.29, 1.82) is 0 Å². The molecule has 0 bridgehead atoms. The van der Waals surface area contributed by atoms with Crippen LogP contribution >= 0.6 is 11.3 Å². The molecule has 8 atom stereocenters. The molecule has 5 aromatic rings. The van der Waals surface area contributed by atoms with E-state index in [2.05, 4.69) is 62.3 Å². The first-order valence-corrected chi connectivity index (χ1v) is 26.7. The third kappa shape index (κ3) is 10.9. The van der Waals surface area contributed by atoms with E-state index in [1.54, 1.807) is 22.3 Å². The number of carbonyl (C=O) groups is 4. The molecule has 2 saturated heterocycles. The minimum Gasteiger partial charge on any atom is -0.471 e. The van der Waals surface area contributed by atoms with E-state index in [0.717, 1.165) is 76.4 Å². The van der Waals surface area contributed by atoms with Crippen LogP contribution in [0.1, 0.15) is 125 Å². The fourth-order valence-electron chi connectivity index (χ4n) is 11.1. The first-order chi connectivity index (χ1) is 35.7. The summed E-state index contributed by atoms with van der Waals surface area (Å²) in [6, 6.07) is 10.2. The predicted molar refractivity (Wildman–Crippen MR) is 279 cm³/mol. The van der Waals surface area contributed by atoms with Gasteiger partial charge in [-0.15, -0.1) is 11.3 Å². The highest BCUT2D eigenvalue weighted by Crippen LogP contribution is 2.49. The SMILES string of the molecule is CCCN(CC1=NCC(c2cc(F)c3c(c2)OC(c2cnc(C4CC4)s2)n2c-3cc3cc(-c4cnc(C5CCCN5C(=O)C(NC)C5CC(C)O[C@H](C)C5)[nH]4)ccc32)N1)C(=O)[C@@H](NC(=O)OC)C(C)C.COC=O. The number of likely N-dealkylation sites (tertiary alicyclic amines) is 1. The number of amidine groups is 1. The Morgan fingerprint density at radius 1 is 1.05 bits per heavy atom. The van der Waals surface area contributed by atoms with E-state index >= 15 is 4.39 Å². The molecule has 0 spiro atoms. The Kier molecular flexibility index (Phi) is 16.0. The molecule has 1 aliphatic carbocycles. The monoisotopic (exact) mass is 1040 g/mol. The molecule has 396 valence electrons. The van der Waals surface area contributed by atoms with Gasteiger partial charge in [-0.1, -0.05) is 26.8 Å². The zero-order chi connectivity index (χ0) is 52.4. The van der Waals surface area contributed by atoms with Crippen LogP contribution < -0.4 is 20.7 Å². The second-order valence-corrected chi connectivity index (χ2v) is 21.5. The van der Waals surface area contributed by atoms with Crippen LogP contribution in [-0.2, 0) is 28.6 Å². The molecule has 4 aliphatic heterocycles. The van der Waals surface area contributed by atoms with Crippen molar-refractivity contribution < 1.29 is 42.5 Å². The van der Waals surface area contributed by atoms with Crippen molar-refractivity contribution >= 4 is 52.5 Å². The average Bonchev–Trinajstić information content (AvgIpc) is 3.98. The van der Waals surface area contributed by atoms with Crippen molar-refractivity contribution in [1.82, 2.24) is 45.3 Å². The first-order valence-electron chi connectivity index (χ1n) is 25.9. The van der Waals surface area contributed by atoms with E-state index in [1.807, 2.05) is 57.2 Å². The molecule has 20 heteroatoms. The number of fused-ring (bicyclic) bond motifs is 5. The third-order valence-electron chi connectivity index (χ3n) is 14.7. The van der Waals surface area contributed by atoms with Gasteiger partial charge in [0.25, 0.3) is 6.47 Å². The molecule has 74 heavy (non-hydrogen) atoms. The number of thiazole rings is 1. The number of hydrogen-bond acceptors (Lipinski definition) is 14. The average molecular weight is 1040 g/mol. The summed E-state index contributed by atoms with van der Waals surface area (Å²) in [5, 5.41) is 11.5. The Morgan fingerprint density at radius 3 is 2.51 bits per heavy atom. The number of rotatable bonds is 16. The number of aliphatic imine (C=N–C) groups is 1. The van der Waals surface area contributed by atoms with Crippen LogP contribution in [0.15, 0.2) is 53.8 Å². The molecule has 5 aliphatic rings. The largest absolute Gasteiger partial charge is 0.471 e. The molecular weight excluding hydrogens is 968 g/mol. The lowest BCUT2D eigenvalue weighted by Gasteiger charge is -2.38. The maximum absolute atomic E-state index is 16.9. The second kappa shape index (κ2) is 22.6. The minimum atomic E-state index is -0.769. The lowest BCUT2D eigenvalue weighted by atomic mass is 9.85. The van der Waals surface area contributed by atoms with Crippen molar-refractivity contribution in [3.63, 3.8) is 0 Å². The van der Waals surface area contributed by atoms with Crippen LogP contribution in [0.2, 0.25) is 0 Å². The zero-order valence-corrected chi connectivity index (χ0v) is 44.3. The van der Waals surface area contributed by atoms with Crippen molar-refractivity contribution in [2.24, 2.45) is 16.8 Å². The van der Waals surface area contributed by atoms with Gasteiger partial charge in [0.2, 0.25) is 18.0 Å². The van der Waals surface area contributed by atoms with E-state index in [9.17, 15) is 14.4 Å². The highest BCUT2D eigenvalue weighted by atomic mass is 32.1. The van der Waals surface area contributed by atoms with Gasteiger partial charge in [0.15, 0.2) is 0 Å². The summed E-state index contributed by atoms with van der Waals surface area (Å²) in [4.78, 5) is 71.7. The molecule has 10 rings (SSSR count). The number of nitrogens with one attached hydrogen (secondary N) is 4. The number of benzene rings is 2. The molecular formula is C54H69FN10O8S. The highest BCUT2D eigenvalue weighted by Gasteiger charge is 2.41. The molecule has 3 amide bonds. The first kappa shape index (κ1) is 52.5. The van der Waals surface area contributed by atoms with Crippen LogP contribution in [0.5, 0.6) is 5.75 Å². The van der Waals surface area contributed by atoms with E-state index in [-0.39, 0.29) is 60.5 Å². The Hall–Kier alpha value is -6.38. The number of halogens is 1. The van der Waals surface area contributed by atoms with E-state index in [4.69, 9.17) is 34.0 Å². The van der Waals surface area contributed by atoms with Gasteiger partial charge in [-0.05, 0) is 114 Å². The molecule has 3 aromatic heterocycles. The number of likely N-dealkylation sites (N-methyl/N-ethyl adjacent to an activating group) is 1. The quantitative estimate of drug-likeness (QED) is 0.0694. The number of amides is 3. The number of imidazole rings is 1. The van der Waals surface area contributed by atoms with E-state index in [1.165, 1.54) is 14.2 Å². The summed E-state index contributed by atoms with van der Waals surface area (Å²) >= 11 is 1.65. The maximum atomic E-state index is 16.9. The van der Waals surface area contributed by atoms with Crippen LogP contribution in [0.4, 0.5) is 9.18 Å². The minimum absolute atomic E-state index is 0.110. The molecule has 1 saturated carbocycles. The summed E-state index contributed by atoms with van der Waals surface area (Å²) in [6.07, 6.45) is 9.08. The highest BCUT2D eigenvalue weighted by molar-refractivity contribution is 7.11. The third-order valence-corrected chi connectivity index (χ3v) is 15.9. The second-order valence-electron chi connectivity index (χ2n) is 20.5. The lowest BCUT2D eigenvalue weighted by Crippen LogP contribution is -2.53. The van der Waals surface area contributed by atoms with Crippen molar-refractivity contribution in [2.75, 3.05) is 47.4 Å². The van der Waals surface area contributed by atoms with Gasteiger partial charge in [-0.3, -0.25) is 23.9 Å². The smallest absolute Gasteiger partial charge is 0.407 e. The van der Waals surface area contributed by atoms with Gasteiger partial charge in [-0.2, -0.15) is 0 Å². The van der Waals surface area contributed by atoms with E-state index < -0.39 is 24.2 Å². The lowest BCUT2D eigenvalue weighted by molar-refractivity contribution is -0.138. The maximum Gasteiger partial charge on any atom is 0.407 e. The van der Waals surface area contributed by atoms with Gasteiger partial charge < -0.3 is 49.7 Å². The molecule has 6 unspecified atom stereocenters. The topological polar surface area (TPSA) is 207 Å². The fraction of sp³-hybridized carbons (Fsp3) is 0.537. The number of methoxy groups -OCH3 is 2. The van der Waals surface area contributed by atoms with Gasteiger partial charge in [-0.25, -0.2) is 19.2 Å². The van der Waals surface area contributed by atoms with Crippen molar-refractivity contribution in [3.8, 4) is 28.3 Å². The van der Waals surface area contributed by atoms with E-state index in [0.29, 0.717) is 66.9 Å². The van der Waals surface area contributed by atoms with Crippen molar-refractivity contribution in [2.45, 2.75) is 128 Å². The number of aromatic amines is 1. The molecule has 0 radical (unpaired) electrons. The van der Waals surface area contributed by atoms with Gasteiger partial charge >= 0.3 is 6.09 Å². The molecule has 18 nitrogen and oxygen atoms in total. The summed E-state index contributed by atoms with van der Waals surface area (Å²) in [7, 11) is 4.47. The summed E-state index contributed by atoms with van der Waals surface area (Å²) in [5.41, 5.74) is 4.41. The summed E-state index contributed by atoms with van der Waals surface area (Å²) in [6.45, 7) is 12.0. The standard InChI is InChI=1S/C52H65FN10O6S.C2H4O2/c1-8-15-61(49(64)45(27(2)3)60-52(66)67-7)26-43-55-23-37(58-43)32-20-35(53)44-40-21-33-19-31(13-14-38(33)63(40)51(69-41(44)22-32)42-25-57-48(70-42)30-11-12-30)36-24-56-47(59-36)39-10-9-16-62(39)50(65)46(54-6)34-17-28(4)68-29(5)18-34;1-4-2-3/h13-14,19-22,24-25,27-30,34,37,39,45-46,51,54H,8-12,15-18,23,26H2,1-7H3,(H,55,58)(H,56,59)(H,60,66);2H,1H3/t28-,29?,34?,37?,39?,45+,46?,51?;/m1./s1. The van der Waals surface area contributed by atoms with Gasteiger partial charge in [0.1, 0.15) is 29.3 Å². The number of hydrogen-bond donors (Lipinski definition) is 4. The Bertz CT molecular complexity index is 2870. The van der Waals surface area contributed by atoms with Crippen LogP contribution in [0, 0.1) is 17.7 Å². The zero-order valence-electron chi connectivity index (χ0n) is 43.5. The number of carbonyl (C=O) groups excluding carboxylic acids is 4. The number of alkyl carbamates (subject to hydrolysis) is 1. The summed E-state index contributed by atoms with van der Waals surface area (Å²) < 4.78 is 40.6. The van der Waals surface area contributed by atoms with Gasteiger partial charge in [0.05, 0.1) is 96.2 Å². The van der Waals surface area contributed by atoms with Crippen LogP contribution in [0.25, 0.3) is 33.4 Å². The normalized spacial score (nSPS) is 22.8. The molecule has 3 fully saturated rings. The Balaban J connectivity index is 0.00000162. The number of H-pyrrole nitrogens is 1. The van der Waals surface area contributed by atoms with Crippen molar-refractivity contribution in [3.05, 3.63) is 75.9 Å². The van der Waals surface area contributed by atoms with Crippen LogP contribution in [0.3, 0.4) is 0 Å². The van der Waals surface area contributed by atoms with Gasteiger partial charge in [0, 0.05) is 36.2 Å². The van der Waals surface area contributed by atoms with Crippen LogP contribution in [-0.4, -0.2) is 131 Å². The number of ether oxygens (including phenoxy) is 4. The fourth-order valence-corrected chi connectivity index (χ4v) is 12.2. The number of aromatic nitrogens is 4. The Morgan fingerprint density at radius 2 is 1.82 bits per heavy atom. The molecule has 7 heterocycles. The molecule has 4 N–H and O–H groups in total. The predicted octanol–water partition coefficient (Wildman–Crippen LogP) is 8.02. The summed E-state index contributed by atoms with van der Waals surface area (Å²) in [5.74, 6) is 1.76. The number of nitrogens with zero attached hydrogens (tertiary/aromatic N) is 6. The molecule has 2 aromatic carbocycles. The Labute approximate surface area is 435 Å².